The number of aromatic nitrogens is 1. The Morgan fingerprint density at radius 3 is 2.57 bits per heavy atom. The van der Waals surface area contributed by atoms with Crippen LogP contribution >= 0.6 is 11.3 Å². The monoisotopic (exact) mass is 512 g/mol. The van der Waals surface area contributed by atoms with Crippen LogP contribution in [-0.2, 0) is 9.59 Å². The van der Waals surface area contributed by atoms with Gasteiger partial charge in [-0.05, 0) is 60.4 Å². The number of ether oxygens (including phenoxy) is 1. The number of hydrogen-bond donors (Lipinski definition) is 2. The predicted octanol–water partition coefficient (Wildman–Crippen LogP) is 5.81. The minimum absolute atomic E-state index is 0.0721. The Balaban J connectivity index is 1.65. The van der Waals surface area contributed by atoms with E-state index in [0.29, 0.717) is 10.7 Å². The molecule has 0 spiro atoms. The average Bonchev–Trinajstić information content (AvgIpc) is 3.42. The maximum atomic E-state index is 13.5. The van der Waals surface area contributed by atoms with Crippen LogP contribution in [0.25, 0.3) is 16.3 Å². The molecule has 1 amide bonds. The number of amides is 1. The Hall–Kier alpha value is -4.43. The summed E-state index contributed by atoms with van der Waals surface area (Å²) in [7, 11) is 1.41. The molecule has 8 heteroatoms. The van der Waals surface area contributed by atoms with Crippen LogP contribution in [-0.4, -0.2) is 34.0 Å². The minimum Gasteiger partial charge on any atom is -0.504 e. The maximum Gasteiger partial charge on any atom is 0.296 e. The molecule has 3 aromatic carbocycles. The van der Waals surface area contributed by atoms with E-state index in [9.17, 15) is 19.8 Å². The van der Waals surface area contributed by atoms with Gasteiger partial charge in [-0.15, -0.1) is 0 Å². The SMILES string of the molecule is COc1cc(C2C(C(=O)/C=C/c3ccccc3)=C(O)C(=O)N2c2nc3c(C)cc(C)cc3s2)ccc1O. The lowest BCUT2D eigenvalue weighted by atomic mass is 9.95. The topological polar surface area (TPSA) is 100.0 Å². The van der Waals surface area contributed by atoms with Gasteiger partial charge in [-0.3, -0.25) is 14.5 Å². The molecule has 1 aliphatic heterocycles. The zero-order chi connectivity index (χ0) is 26.3. The number of rotatable bonds is 6. The van der Waals surface area contributed by atoms with Crippen LogP contribution < -0.4 is 9.64 Å². The van der Waals surface area contributed by atoms with Crippen molar-refractivity contribution >= 4 is 44.5 Å². The summed E-state index contributed by atoms with van der Waals surface area (Å²) in [6, 6.07) is 16.9. The minimum atomic E-state index is -0.975. The van der Waals surface area contributed by atoms with Crippen LogP contribution in [0.3, 0.4) is 0 Å². The van der Waals surface area contributed by atoms with E-state index in [1.54, 1.807) is 18.2 Å². The number of methoxy groups -OCH3 is 1. The lowest BCUT2D eigenvalue weighted by Crippen LogP contribution is -2.30. The van der Waals surface area contributed by atoms with Gasteiger partial charge in [0.05, 0.1) is 28.9 Å². The van der Waals surface area contributed by atoms with Gasteiger partial charge in [0, 0.05) is 0 Å². The van der Waals surface area contributed by atoms with Crippen molar-refractivity contribution in [2.75, 3.05) is 12.0 Å². The van der Waals surface area contributed by atoms with Gasteiger partial charge in [0.15, 0.2) is 28.2 Å². The summed E-state index contributed by atoms with van der Waals surface area (Å²) in [4.78, 5) is 33.0. The first-order chi connectivity index (χ1) is 17.8. The highest BCUT2D eigenvalue weighted by Gasteiger charge is 2.45. The molecule has 37 heavy (non-hydrogen) atoms. The summed E-state index contributed by atoms with van der Waals surface area (Å²) in [6.45, 7) is 3.94. The molecular formula is C29H24N2O5S. The molecule has 0 aliphatic carbocycles. The van der Waals surface area contributed by atoms with Gasteiger partial charge in [0.2, 0.25) is 0 Å². The van der Waals surface area contributed by atoms with Crippen molar-refractivity contribution in [1.29, 1.82) is 0 Å². The van der Waals surface area contributed by atoms with Crippen LogP contribution in [0.1, 0.15) is 28.3 Å². The van der Waals surface area contributed by atoms with Crippen molar-refractivity contribution in [3.8, 4) is 11.5 Å². The number of thiazole rings is 1. The Labute approximate surface area is 217 Å². The molecule has 0 saturated carbocycles. The number of aliphatic hydroxyl groups is 1. The van der Waals surface area contributed by atoms with Gasteiger partial charge < -0.3 is 14.9 Å². The van der Waals surface area contributed by atoms with E-state index in [0.717, 1.165) is 26.9 Å². The average molecular weight is 513 g/mol. The Morgan fingerprint density at radius 1 is 1.08 bits per heavy atom. The normalized spacial score (nSPS) is 15.8. The standard InChI is InChI=1S/C29H24N2O5S/c1-16-13-17(2)25-23(14-16)37-29(30-25)31-26(19-10-12-20(32)22(15-19)36-3)24(27(34)28(31)35)21(33)11-9-18-7-5-4-6-8-18/h4-15,26,32,34H,1-3H3/b11-9+. The zero-order valence-corrected chi connectivity index (χ0v) is 21.2. The van der Waals surface area contributed by atoms with Gasteiger partial charge >= 0.3 is 0 Å². The van der Waals surface area contributed by atoms with Gasteiger partial charge in [-0.2, -0.15) is 0 Å². The van der Waals surface area contributed by atoms with Crippen LogP contribution in [0, 0.1) is 13.8 Å². The van der Waals surface area contributed by atoms with Crippen molar-refractivity contribution in [2.24, 2.45) is 0 Å². The molecule has 7 nitrogen and oxygen atoms in total. The van der Waals surface area contributed by atoms with E-state index < -0.39 is 23.5 Å². The van der Waals surface area contributed by atoms with Crippen molar-refractivity contribution in [3.63, 3.8) is 0 Å². The lowest BCUT2D eigenvalue weighted by Gasteiger charge is -2.24. The number of nitrogens with zero attached hydrogens (tertiary/aromatic N) is 2. The molecule has 1 unspecified atom stereocenters. The summed E-state index contributed by atoms with van der Waals surface area (Å²) < 4.78 is 6.17. The molecule has 0 saturated heterocycles. The van der Waals surface area contributed by atoms with Crippen LogP contribution in [0.4, 0.5) is 5.13 Å². The summed E-state index contributed by atoms with van der Waals surface area (Å²) in [6.07, 6.45) is 2.97. The molecule has 5 rings (SSSR count). The fourth-order valence-electron chi connectivity index (χ4n) is 4.52. The highest BCUT2D eigenvalue weighted by atomic mass is 32.1. The summed E-state index contributed by atoms with van der Waals surface area (Å²) >= 11 is 1.31. The number of anilines is 1. The number of fused-ring (bicyclic) bond motifs is 1. The summed E-state index contributed by atoms with van der Waals surface area (Å²) in [5.74, 6) is -1.77. The number of allylic oxidation sites excluding steroid dienone is 1. The molecule has 1 aliphatic rings. The van der Waals surface area contributed by atoms with Gasteiger partial charge in [0.25, 0.3) is 5.91 Å². The number of aryl methyl sites for hydroxylation is 2. The molecule has 0 bridgehead atoms. The lowest BCUT2D eigenvalue weighted by molar-refractivity contribution is -0.117. The van der Waals surface area contributed by atoms with Crippen molar-refractivity contribution in [1.82, 2.24) is 4.98 Å². The molecule has 1 atom stereocenters. The van der Waals surface area contributed by atoms with E-state index in [1.807, 2.05) is 56.3 Å². The number of hydrogen-bond acceptors (Lipinski definition) is 7. The molecule has 4 aromatic rings. The second-order valence-corrected chi connectivity index (χ2v) is 9.81. The van der Waals surface area contributed by atoms with Crippen LogP contribution in [0.15, 0.2) is 78.1 Å². The first-order valence-electron chi connectivity index (χ1n) is 11.6. The smallest absolute Gasteiger partial charge is 0.296 e. The summed E-state index contributed by atoms with van der Waals surface area (Å²) in [5, 5.41) is 21.5. The first-order valence-corrected chi connectivity index (χ1v) is 12.4. The van der Waals surface area contributed by atoms with E-state index >= 15 is 0 Å². The fourth-order valence-corrected chi connectivity index (χ4v) is 5.69. The number of carbonyl (C=O) groups is 2. The molecule has 2 N–H and O–H groups in total. The zero-order valence-electron chi connectivity index (χ0n) is 20.4. The number of aromatic hydroxyl groups is 1. The molecule has 1 aromatic heterocycles. The highest BCUT2D eigenvalue weighted by Crippen LogP contribution is 2.45. The molecular weight excluding hydrogens is 488 g/mol. The fraction of sp³-hybridized carbons (Fsp3) is 0.138. The Kier molecular flexibility index (Phi) is 6.27. The van der Waals surface area contributed by atoms with Crippen molar-refractivity contribution in [2.45, 2.75) is 19.9 Å². The van der Waals surface area contributed by atoms with Gasteiger partial charge in [-0.1, -0.05) is 59.9 Å². The number of phenols is 1. The first kappa shape index (κ1) is 24.3. The molecule has 2 heterocycles. The van der Waals surface area contributed by atoms with Crippen LogP contribution in [0.2, 0.25) is 0 Å². The second kappa shape index (κ2) is 9.55. The van der Waals surface area contributed by atoms with Crippen molar-refractivity contribution in [3.05, 3.63) is 100 Å². The van der Waals surface area contributed by atoms with E-state index in [2.05, 4.69) is 0 Å². The van der Waals surface area contributed by atoms with Gasteiger partial charge in [-0.25, -0.2) is 4.98 Å². The predicted molar refractivity (Wildman–Crippen MR) is 144 cm³/mol. The van der Waals surface area contributed by atoms with Crippen LogP contribution in [0.5, 0.6) is 11.5 Å². The number of aliphatic hydroxyl groups excluding tert-OH is 1. The Morgan fingerprint density at radius 2 is 1.84 bits per heavy atom. The summed E-state index contributed by atoms with van der Waals surface area (Å²) in [5.41, 5.74) is 4.00. The third-order valence-electron chi connectivity index (χ3n) is 6.24. The quantitative estimate of drug-likeness (QED) is 0.316. The maximum absolute atomic E-state index is 13.5. The number of ketones is 1. The van der Waals surface area contributed by atoms with E-state index in [-0.39, 0.29) is 17.1 Å². The van der Waals surface area contributed by atoms with Crippen molar-refractivity contribution < 1.29 is 24.5 Å². The number of carbonyl (C=O) groups excluding carboxylic acids is 2. The molecule has 0 fully saturated rings. The second-order valence-electron chi connectivity index (χ2n) is 8.80. The number of benzene rings is 3. The van der Waals surface area contributed by atoms with E-state index in [4.69, 9.17) is 9.72 Å². The number of phenolic OH excluding ortho intramolecular Hbond substituents is 1. The van der Waals surface area contributed by atoms with Gasteiger partial charge in [0.1, 0.15) is 0 Å². The molecule has 186 valence electrons. The molecule has 0 radical (unpaired) electrons. The third kappa shape index (κ3) is 4.36. The Bertz CT molecular complexity index is 1600. The third-order valence-corrected chi connectivity index (χ3v) is 7.25. The highest BCUT2D eigenvalue weighted by molar-refractivity contribution is 7.22. The largest absolute Gasteiger partial charge is 0.504 e. The van der Waals surface area contributed by atoms with E-state index in [1.165, 1.54) is 35.5 Å².